The summed E-state index contributed by atoms with van der Waals surface area (Å²) in [5.74, 6) is 0. The summed E-state index contributed by atoms with van der Waals surface area (Å²) in [5, 5.41) is 0. The Bertz CT molecular complexity index is 2360. The highest BCUT2D eigenvalue weighted by atomic mass is 31.2. The van der Waals surface area contributed by atoms with Crippen LogP contribution < -0.4 is 0 Å². The average molecular weight is 1990 g/mol. The van der Waals surface area contributed by atoms with E-state index in [-0.39, 0.29) is 72.4 Å². The summed E-state index contributed by atoms with van der Waals surface area (Å²) in [6.45, 7) is 0. The SMILES string of the molecule is CN(C)C(=O)N(C)C.CN(C)C(=O)N(C)C.CN(C)C(=O)N(C)C.CN(C)C(=O)N(C)C.CN(C)C(=O)N(C)C.CN(C)C(=O)N(C)C.CN(C)C(=O)N(C)C.CN(C)C(=O)N(C)C.CN(C)C(=O)N(C)C.CN(C)C(=O)N(C)C.CN(C)C(=O)N(C)C.CN(C)C(=O)N(C)C.O=P(O)(O)F.O=P(O)(O)F.O=P(O)(O)F.O=P(O)(O)F.O=P(O)(O)F.O=P(O)(O)F. The molecule has 0 radical (unpaired) electrons. The molecule has 0 saturated heterocycles. The molecule has 0 unspecified atom stereocenters. The first-order valence-electron chi connectivity index (χ1n) is 33.8. The lowest BCUT2D eigenvalue weighted by atomic mass is 10.7. The summed E-state index contributed by atoms with van der Waals surface area (Å²) in [6.07, 6.45) is 0. The van der Waals surface area contributed by atoms with Gasteiger partial charge in [0.1, 0.15) is 0 Å². The molecule has 768 valence electrons. The van der Waals surface area contributed by atoms with Gasteiger partial charge in [-0.3, -0.25) is 58.7 Å². The van der Waals surface area contributed by atoms with Crippen molar-refractivity contribution in [2.75, 3.05) is 338 Å². The first-order chi connectivity index (χ1) is 54.6. The lowest BCUT2D eigenvalue weighted by molar-refractivity contribution is 0.190. The molecule has 0 fully saturated rings. The van der Waals surface area contributed by atoms with Gasteiger partial charge in [0.15, 0.2) is 0 Å². The van der Waals surface area contributed by atoms with Gasteiger partial charge in [-0.05, 0) is 0 Å². The zero-order chi connectivity index (χ0) is 108. The molecule has 0 saturated carbocycles. The highest BCUT2D eigenvalue weighted by Gasteiger charge is 2.13. The summed E-state index contributed by atoms with van der Waals surface area (Å²) in [7, 11) is 51.9. The van der Waals surface area contributed by atoms with Gasteiger partial charge in [-0.1, -0.05) is 0 Å². The molecular weight excluding hydrogens is 1840 g/mol. The van der Waals surface area contributed by atoms with Gasteiger partial charge in [0.2, 0.25) is 0 Å². The van der Waals surface area contributed by atoms with E-state index >= 15 is 0 Å². The summed E-state index contributed by atoms with van der Waals surface area (Å²) < 4.78 is 114. The van der Waals surface area contributed by atoms with E-state index in [9.17, 15) is 82.7 Å². The fraction of sp³-hybridized carbons (Fsp3) is 0.800. The van der Waals surface area contributed by atoms with Gasteiger partial charge >= 0.3 is 120 Å². The second-order valence-corrected chi connectivity index (χ2v) is 33.4. The maximum atomic E-state index is 10.7. The van der Waals surface area contributed by atoms with Crippen molar-refractivity contribution in [3.05, 3.63) is 0 Å². The summed E-state index contributed by atoms with van der Waals surface area (Å²) in [6, 6.07) is 0.222. The molecule has 12 N–H and O–H groups in total. The van der Waals surface area contributed by atoms with Crippen LogP contribution in [-0.4, -0.2) is 587 Å². The van der Waals surface area contributed by atoms with Crippen molar-refractivity contribution in [3.63, 3.8) is 0 Å². The van der Waals surface area contributed by atoms with Crippen LogP contribution in [0.15, 0.2) is 0 Å². The number of nitrogens with zero attached hydrogens (tertiary/aromatic N) is 24. The maximum absolute atomic E-state index is 10.7. The molecule has 0 aromatic heterocycles. The summed E-state index contributed by atoms with van der Waals surface area (Å²) >= 11 is 0. The molecule has 66 heteroatoms. The molecule has 0 rings (SSSR count). The molecule has 0 aliphatic rings. The minimum absolute atomic E-state index is 0.0185. The van der Waals surface area contributed by atoms with Gasteiger partial charge in [0.05, 0.1) is 0 Å². The molecule has 24 amide bonds. The third-order valence-corrected chi connectivity index (χ3v) is 9.18. The van der Waals surface area contributed by atoms with Crippen LogP contribution in [0.4, 0.5) is 82.7 Å². The molecule has 54 nitrogen and oxygen atoms in total. The molecule has 126 heavy (non-hydrogen) atoms. The van der Waals surface area contributed by atoms with Crippen LogP contribution in [-0.2, 0) is 27.4 Å². The number of rotatable bonds is 0. The second-order valence-electron chi connectivity index (χ2n) is 27.7. The molecule has 0 aromatic carbocycles. The van der Waals surface area contributed by atoms with Gasteiger partial charge in [0.25, 0.3) is 0 Å². The monoisotopic (exact) mass is 1990 g/mol. The zero-order valence-corrected chi connectivity index (χ0v) is 87.8. The van der Waals surface area contributed by atoms with Crippen molar-refractivity contribution < 1.29 is 169 Å². The van der Waals surface area contributed by atoms with Gasteiger partial charge in [0, 0.05) is 338 Å². The van der Waals surface area contributed by atoms with Gasteiger partial charge < -0.3 is 118 Å². The topological polar surface area (TPSA) is 628 Å². The minimum Gasteiger partial charge on any atom is -0.331 e. The quantitative estimate of drug-likeness (QED) is 0.122. The Labute approximate surface area is 742 Å². The molecule has 0 heterocycles. The Kier molecular flexibility index (Phi) is 109. The fourth-order valence-corrected chi connectivity index (χ4v) is 4.80. The third-order valence-electron chi connectivity index (χ3n) is 9.18. The number of carbonyl (C=O) groups excluding carboxylic acids is 12. The molecule has 0 aromatic rings. The van der Waals surface area contributed by atoms with E-state index in [1.54, 1.807) is 338 Å². The molecular formula is C60H156F6N24O30P6. The van der Waals surface area contributed by atoms with E-state index in [0.717, 1.165) is 0 Å². The van der Waals surface area contributed by atoms with E-state index in [1.807, 2.05) is 0 Å². The Morgan fingerprint density at radius 2 is 0.135 bits per heavy atom. The van der Waals surface area contributed by atoms with Crippen LogP contribution in [0.3, 0.4) is 0 Å². The van der Waals surface area contributed by atoms with Crippen molar-refractivity contribution in [3.8, 4) is 0 Å². The lowest BCUT2D eigenvalue weighted by Gasteiger charge is -2.16. The Morgan fingerprint density at radius 3 is 0.135 bits per heavy atom. The Balaban J connectivity index is -0.0000000614. The fourth-order valence-electron chi connectivity index (χ4n) is 4.80. The van der Waals surface area contributed by atoms with Crippen molar-refractivity contribution >= 4 is 120 Å². The number of hydrogen-bond acceptors (Lipinski definition) is 18. The predicted molar refractivity (Wildman–Crippen MR) is 472 cm³/mol. The van der Waals surface area contributed by atoms with E-state index in [4.69, 9.17) is 86.1 Å². The van der Waals surface area contributed by atoms with Gasteiger partial charge in [-0.15, -0.1) is 25.2 Å². The molecule has 0 atom stereocenters. The van der Waals surface area contributed by atoms with E-state index in [0.29, 0.717) is 0 Å². The van der Waals surface area contributed by atoms with Crippen LogP contribution in [0.5, 0.6) is 0 Å². The smallest absolute Gasteiger partial charge is 0.331 e. The number of hydrogen-bond donors (Lipinski definition) is 12. The third kappa shape index (κ3) is 198. The number of urea groups is 12. The Morgan fingerprint density at radius 1 is 0.119 bits per heavy atom. The van der Waals surface area contributed by atoms with Crippen LogP contribution in [0, 0.1) is 0 Å². The average Bonchev–Trinajstić information content (AvgIpc) is 1.03. The standard InChI is InChI=1S/12C5H12N2O.6FH2O3P/c12*1-6(2)5(8)7(3)4;6*1-5(2,3)4/h12*1-4H3;6*(H2,2,3,4). The first kappa shape index (κ1) is 161. The van der Waals surface area contributed by atoms with E-state index in [1.165, 1.54) is 118 Å². The lowest BCUT2D eigenvalue weighted by Crippen LogP contribution is -2.33. The van der Waals surface area contributed by atoms with Crippen molar-refractivity contribution in [2.45, 2.75) is 0 Å². The first-order valence-corrected chi connectivity index (χ1v) is 42.8. The van der Waals surface area contributed by atoms with Gasteiger partial charge in [-0.25, -0.2) is 84.9 Å². The number of halogens is 6. The van der Waals surface area contributed by atoms with E-state index < -0.39 is 47.4 Å². The summed E-state index contributed by atoms with van der Waals surface area (Å²) in [5.41, 5.74) is 0. The van der Waals surface area contributed by atoms with Crippen molar-refractivity contribution in [1.82, 2.24) is 118 Å². The van der Waals surface area contributed by atoms with Crippen LogP contribution in [0.2, 0.25) is 0 Å². The molecule has 0 bridgehead atoms. The minimum atomic E-state index is -5.14. The summed E-state index contributed by atoms with van der Waals surface area (Å²) in [4.78, 5) is 249. The second kappa shape index (κ2) is 84.9. The van der Waals surface area contributed by atoms with Gasteiger partial charge in [-0.2, -0.15) is 0 Å². The molecule has 0 aliphatic heterocycles. The van der Waals surface area contributed by atoms with E-state index in [2.05, 4.69) is 0 Å². The van der Waals surface area contributed by atoms with Crippen LogP contribution in [0.25, 0.3) is 0 Å². The number of amides is 24. The molecule has 0 aliphatic carbocycles. The Hall–Kier alpha value is -8.28. The normalized spacial score (nSPS) is 9.29. The zero-order valence-electron chi connectivity index (χ0n) is 82.4. The molecule has 0 spiro atoms. The van der Waals surface area contributed by atoms with Crippen LogP contribution in [0.1, 0.15) is 0 Å². The van der Waals surface area contributed by atoms with Crippen molar-refractivity contribution in [1.29, 1.82) is 0 Å². The largest absolute Gasteiger partial charge is 0.507 e. The highest BCUT2D eigenvalue weighted by Crippen LogP contribution is 2.37. The van der Waals surface area contributed by atoms with Crippen LogP contribution >= 0.6 is 47.4 Å². The maximum Gasteiger partial charge on any atom is 0.507 e. The number of carbonyl (C=O) groups is 12. The highest BCUT2D eigenvalue weighted by molar-refractivity contribution is 7.47. The predicted octanol–water partition coefficient (Wildman–Crippen LogP) is 3.05. The van der Waals surface area contributed by atoms with Crippen molar-refractivity contribution in [2.24, 2.45) is 0 Å².